The molecule has 3 nitrogen and oxygen atoms in total. The van der Waals surface area contributed by atoms with Crippen LogP contribution in [-0.4, -0.2) is 21.6 Å². The molecule has 2 aromatic rings. The zero-order chi connectivity index (χ0) is 12.0. The van der Waals surface area contributed by atoms with Gasteiger partial charge in [0, 0.05) is 18.8 Å². The number of aliphatic hydroxyl groups excluding tert-OH is 1. The van der Waals surface area contributed by atoms with Gasteiger partial charge in [-0.25, -0.2) is 0 Å². The molecule has 0 saturated heterocycles. The summed E-state index contributed by atoms with van der Waals surface area (Å²) in [6, 6.07) is 7.90. The maximum atomic E-state index is 11.7. The van der Waals surface area contributed by atoms with Crippen molar-refractivity contribution in [3.05, 3.63) is 48.2 Å². The first kappa shape index (κ1) is 10.3. The van der Waals surface area contributed by atoms with Crippen LogP contribution in [-0.2, 0) is 11.8 Å². The van der Waals surface area contributed by atoms with Crippen LogP contribution in [0.5, 0.6) is 0 Å². The van der Waals surface area contributed by atoms with E-state index in [0.29, 0.717) is 0 Å². The Morgan fingerprint density at radius 3 is 2.82 bits per heavy atom. The molecular weight excluding hydrogens is 214 g/mol. The van der Waals surface area contributed by atoms with Gasteiger partial charge in [0.15, 0.2) is 5.78 Å². The van der Waals surface area contributed by atoms with Crippen LogP contribution in [0.1, 0.15) is 11.5 Å². The zero-order valence-electron chi connectivity index (χ0n) is 9.50. The van der Waals surface area contributed by atoms with Gasteiger partial charge in [-0.15, -0.1) is 0 Å². The molecule has 1 heterocycles. The Balaban J connectivity index is 2.09. The van der Waals surface area contributed by atoms with E-state index < -0.39 is 12.0 Å². The lowest BCUT2D eigenvalue weighted by molar-refractivity contribution is -0.116. The van der Waals surface area contributed by atoms with E-state index in [4.69, 9.17) is 0 Å². The molecule has 1 aliphatic carbocycles. The summed E-state index contributed by atoms with van der Waals surface area (Å²) in [5.74, 6) is -0.451. The Labute approximate surface area is 99.0 Å². The highest BCUT2D eigenvalue weighted by atomic mass is 16.3. The van der Waals surface area contributed by atoms with Crippen LogP contribution in [0.25, 0.3) is 10.9 Å². The second kappa shape index (κ2) is 3.57. The van der Waals surface area contributed by atoms with Crippen molar-refractivity contribution in [3.63, 3.8) is 0 Å². The SMILES string of the molecule is Cn1ccc2cc([C@H]3C(=O)C=C[C@@H]3O)ccc21. The first-order valence-electron chi connectivity index (χ1n) is 5.62. The summed E-state index contributed by atoms with van der Waals surface area (Å²) in [4.78, 5) is 11.7. The van der Waals surface area contributed by atoms with Gasteiger partial charge in [0.2, 0.25) is 0 Å². The second-order valence-corrected chi connectivity index (χ2v) is 4.47. The average molecular weight is 227 g/mol. The molecule has 0 spiro atoms. The number of aliphatic hydroxyl groups is 1. The highest BCUT2D eigenvalue weighted by Crippen LogP contribution is 2.29. The van der Waals surface area contributed by atoms with Crippen molar-refractivity contribution in [2.24, 2.45) is 7.05 Å². The Bertz CT molecular complexity index is 624. The molecule has 0 bridgehead atoms. The van der Waals surface area contributed by atoms with Crippen LogP contribution in [0.15, 0.2) is 42.6 Å². The highest BCUT2D eigenvalue weighted by molar-refractivity contribution is 5.99. The maximum absolute atomic E-state index is 11.7. The monoisotopic (exact) mass is 227 g/mol. The highest BCUT2D eigenvalue weighted by Gasteiger charge is 2.30. The fourth-order valence-corrected chi connectivity index (χ4v) is 2.43. The summed E-state index contributed by atoms with van der Waals surface area (Å²) in [5.41, 5.74) is 2.01. The van der Waals surface area contributed by atoms with Crippen LogP contribution >= 0.6 is 0 Å². The number of hydrogen-bond donors (Lipinski definition) is 1. The Morgan fingerprint density at radius 2 is 2.12 bits per heavy atom. The number of carbonyl (C=O) groups excluding carboxylic acids is 1. The molecule has 3 heteroatoms. The van der Waals surface area contributed by atoms with Crippen molar-refractivity contribution in [3.8, 4) is 0 Å². The summed E-state index contributed by atoms with van der Waals surface area (Å²) >= 11 is 0. The van der Waals surface area contributed by atoms with E-state index in [1.54, 1.807) is 6.08 Å². The second-order valence-electron chi connectivity index (χ2n) is 4.47. The summed E-state index contributed by atoms with van der Waals surface area (Å²) < 4.78 is 2.03. The van der Waals surface area contributed by atoms with E-state index in [-0.39, 0.29) is 5.78 Å². The molecule has 0 amide bonds. The molecule has 2 atom stereocenters. The molecule has 0 saturated carbocycles. The predicted molar refractivity (Wildman–Crippen MR) is 65.8 cm³/mol. The summed E-state index contributed by atoms with van der Waals surface area (Å²) in [7, 11) is 1.99. The van der Waals surface area contributed by atoms with Crippen molar-refractivity contribution in [1.82, 2.24) is 4.57 Å². The molecule has 0 radical (unpaired) electrons. The Morgan fingerprint density at radius 1 is 1.29 bits per heavy atom. The van der Waals surface area contributed by atoms with Crippen LogP contribution < -0.4 is 0 Å². The van der Waals surface area contributed by atoms with Gasteiger partial charge in [0.05, 0.1) is 12.0 Å². The van der Waals surface area contributed by atoms with Crippen LogP contribution in [0.4, 0.5) is 0 Å². The van der Waals surface area contributed by atoms with Gasteiger partial charge >= 0.3 is 0 Å². The standard InChI is InChI=1S/C14H13NO2/c1-15-7-6-9-8-10(2-3-11(9)15)14-12(16)4-5-13(14)17/h2-8,12,14,16H,1H3/t12-,14+/m0/s1. The number of allylic oxidation sites excluding steroid dienone is 1. The van der Waals surface area contributed by atoms with Crippen molar-refractivity contribution in [2.75, 3.05) is 0 Å². The molecule has 3 rings (SSSR count). The van der Waals surface area contributed by atoms with Crippen LogP contribution in [0, 0.1) is 0 Å². The zero-order valence-corrected chi connectivity index (χ0v) is 9.50. The van der Waals surface area contributed by atoms with E-state index in [1.807, 2.05) is 42.1 Å². The summed E-state index contributed by atoms with van der Waals surface area (Å²) in [5, 5.41) is 10.9. The van der Waals surface area contributed by atoms with Crippen LogP contribution in [0.3, 0.4) is 0 Å². The lowest BCUT2D eigenvalue weighted by atomic mass is 9.93. The number of aromatic nitrogens is 1. The molecule has 0 unspecified atom stereocenters. The summed E-state index contributed by atoms with van der Waals surface area (Å²) in [6.07, 6.45) is 4.32. The minimum Gasteiger partial charge on any atom is -0.388 e. The smallest absolute Gasteiger partial charge is 0.165 e. The molecule has 1 N–H and O–H groups in total. The predicted octanol–water partition coefficient (Wildman–Crippen LogP) is 1.76. The number of carbonyl (C=O) groups is 1. The lowest BCUT2D eigenvalue weighted by Gasteiger charge is -2.13. The minimum atomic E-state index is -0.691. The third-order valence-corrected chi connectivity index (χ3v) is 3.37. The molecule has 1 aliphatic rings. The van der Waals surface area contributed by atoms with Crippen molar-refractivity contribution in [2.45, 2.75) is 12.0 Å². The minimum absolute atomic E-state index is 0.0206. The molecule has 0 fully saturated rings. The number of hydrogen-bond acceptors (Lipinski definition) is 2. The maximum Gasteiger partial charge on any atom is 0.165 e. The molecule has 86 valence electrons. The number of nitrogens with zero attached hydrogens (tertiary/aromatic N) is 1. The fourth-order valence-electron chi connectivity index (χ4n) is 2.43. The van der Waals surface area contributed by atoms with E-state index in [9.17, 15) is 9.90 Å². The summed E-state index contributed by atoms with van der Waals surface area (Å²) in [6.45, 7) is 0. The Hall–Kier alpha value is -1.87. The number of aryl methyl sites for hydroxylation is 1. The average Bonchev–Trinajstić information content (AvgIpc) is 2.83. The fraction of sp³-hybridized carbons (Fsp3) is 0.214. The van der Waals surface area contributed by atoms with Gasteiger partial charge in [-0.2, -0.15) is 0 Å². The van der Waals surface area contributed by atoms with E-state index >= 15 is 0 Å². The third kappa shape index (κ3) is 1.51. The van der Waals surface area contributed by atoms with E-state index in [1.165, 1.54) is 6.08 Å². The molecule has 0 aliphatic heterocycles. The number of fused-ring (bicyclic) bond motifs is 1. The van der Waals surface area contributed by atoms with E-state index in [2.05, 4.69) is 0 Å². The number of rotatable bonds is 1. The molecular formula is C14H13NO2. The molecule has 1 aromatic carbocycles. The lowest BCUT2D eigenvalue weighted by Crippen LogP contribution is -2.17. The Kier molecular flexibility index (Phi) is 2.16. The van der Waals surface area contributed by atoms with Crippen LogP contribution in [0.2, 0.25) is 0 Å². The third-order valence-electron chi connectivity index (χ3n) is 3.37. The number of benzene rings is 1. The molecule has 1 aromatic heterocycles. The normalized spacial score (nSPS) is 23.8. The van der Waals surface area contributed by atoms with Gasteiger partial charge in [-0.1, -0.05) is 12.1 Å². The van der Waals surface area contributed by atoms with Gasteiger partial charge in [-0.3, -0.25) is 4.79 Å². The van der Waals surface area contributed by atoms with Crippen molar-refractivity contribution in [1.29, 1.82) is 0 Å². The first-order valence-corrected chi connectivity index (χ1v) is 5.62. The number of ketones is 1. The van der Waals surface area contributed by atoms with Gasteiger partial charge in [-0.05, 0) is 35.2 Å². The van der Waals surface area contributed by atoms with Crippen molar-refractivity contribution >= 4 is 16.7 Å². The van der Waals surface area contributed by atoms with Gasteiger partial charge in [0.25, 0.3) is 0 Å². The first-order chi connectivity index (χ1) is 8.16. The van der Waals surface area contributed by atoms with Gasteiger partial charge in [0.1, 0.15) is 0 Å². The largest absolute Gasteiger partial charge is 0.388 e. The van der Waals surface area contributed by atoms with Gasteiger partial charge < -0.3 is 9.67 Å². The quantitative estimate of drug-likeness (QED) is 0.806. The van der Waals surface area contributed by atoms with Crippen molar-refractivity contribution < 1.29 is 9.90 Å². The van der Waals surface area contributed by atoms with E-state index in [0.717, 1.165) is 16.5 Å². The molecule has 17 heavy (non-hydrogen) atoms. The topological polar surface area (TPSA) is 42.2 Å².